The summed E-state index contributed by atoms with van der Waals surface area (Å²) in [4.78, 5) is 26.1. The molecule has 15 heteroatoms. The van der Waals surface area contributed by atoms with Crippen LogP contribution in [0, 0.1) is 5.92 Å². The standard InChI is InChI=1S/C20H23F6N7O2/c1-12(31-15-11-29-32-17(34)16(15)20(24,25)26)8-30-35-7-4-13-2-5-33(6-3-13)18-27-9-14(10-28-18)19(21,22)23/h8-13H,2-7H2,1H3,(H2,31,32,34)/b30-8+/t12-/m0/s1. The van der Waals surface area contributed by atoms with E-state index in [2.05, 4.69) is 25.5 Å². The molecule has 0 spiro atoms. The first kappa shape index (κ1) is 26.2. The number of hydrogen-bond donors (Lipinski definition) is 2. The van der Waals surface area contributed by atoms with E-state index in [0.29, 0.717) is 25.4 Å². The number of nitrogens with zero attached hydrogens (tertiary/aromatic N) is 5. The van der Waals surface area contributed by atoms with E-state index in [1.807, 2.05) is 4.90 Å². The van der Waals surface area contributed by atoms with Crippen LogP contribution in [0.3, 0.4) is 0 Å². The molecule has 1 aliphatic heterocycles. The Morgan fingerprint density at radius 1 is 1.17 bits per heavy atom. The summed E-state index contributed by atoms with van der Waals surface area (Å²) >= 11 is 0. The highest BCUT2D eigenvalue weighted by molar-refractivity contribution is 5.69. The van der Waals surface area contributed by atoms with Crippen molar-refractivity contribution in [3.8, 4) is 0 Å². The molecule has 2 N–H and O–H groups in total. The first-order valence-corrected chi connectivity index (χ1v) is 10.7. The van der Waals surface area contributed by atoms with Crippen molar-refractivity contribution in [2.45, 2.75) is 44.6 Å². The summed E-state index contributed by atoms with van der Waals surface area (Å²) in [6.45, 7) is 3.00. The fourth-order valence-corrected chi connectivity index (χ4v) is 3.53. The maximum absolute atomic E-state index is 13.1. The van der Waals surface area contributed by atoms with Crippen molar-refractivity contribution in [1.82, 2.24) is 20.2 Å². The number of oxime groups is 1. The van der Waals surface area contributed by atoms with E-state index < -0.39 is 40.8 Å². The maximum Gasteiger partial charge on any atom is 0.423 e. The van der Waals surface area contributed by atoms with Crippen LogP contribution in [-0.2, 0) is 17.2 Å². The Balaban J connectivity index is 1.39. The van der Waals surface area contributed by atoms with E-state index in [-0.39, 0.29) is 12.6 Å². The van der Waals surface area contributed by atoms with Crippen LogP contribution in [0.5, 0.6) is 0 Å². The molecule has 1 saturated heterocycles. The quantitative estimate of drug-likeness (QED) is 0.243. The number of anilines is 2. The van der Waals surface area contributed by atoms with Gasteiger partial charge in [0.2, 0.25) is 5.95 Å². The van der Waals surface area contributed by atoms with Gasteiger partial charge in [-0.25, -0.2) is 15.1 Å². The fourth-order valence-electron chi connectivity index (χ4n) is 3.53. The van der Waals surface area contributed by atoms with E-state index in [1.54, 1.807) is 5.10 Å². The van der Waals surface area contributed by atoms with Crippen LogP contribution in [0.15, 0.2) is 28.5 Å². The molecule has 2 aromatic rings. The molecule has 1 atom stereocenters. The Morgan fingerprint density at radius 3 is 2.43 bits per heavy atom. The van der Waals surface area contributed by atoms with Gasteiger partial charge in [0.15, 0.2) is 0 Å². The van der Waals surface area contributed by atoms with Gasteiger partial charge in [0.1, 0.15) is 12.2 Å². The van der Waals surface area contributed by atoms with E-state index in [9.17, 15) is 31.1 Å². The van der Waals surface area contributed by atoms with E-state index in [0.717, 1.165) is 31.4 Å². The molecular weight excluding hydrogens is 484 g/mol. The summed E-state index contributed by atoms with van der Waals surface area (Å²) in [5.74, 6) is 0.561. The third-order valence-electron chi connectivity index (χ3n) is 5.36. The smallest absolute Gasteiger partial charge is 0.396 e. The maximum atomic E-state index is 13.1. The largest absolute Gasteiger partial charge is 0.423 e. The number of piperidine rings is 1. The minimum absolute atomic E-state index is 0.253. The van der Waals surface area contributed by atoms with E-state index in [1.165, 1.54) is 13.1 Å². The lowest BCUT2D eigenvalue weighted by Crippen LogP contribution is -2.35. The van der Waals surface area contributed by atoms with Crippen LogP contribution in [-0.4, -0.2) is 52.1 Å². The van der Waals surface area contributed by atoms with Crippen LogP contribution in [0.2, 0.25) is 0 Å². The lowest BCUT2D eigenvalue weighted by molar-refractivity contribution is -0.139. The van der Waals surface area contributed by atoms with Crippen LogP contribution >= 0.6 is 0 Å². The Bertz CT molecular complexity index is 1050. The molecule has 0 amide bonds. The number of aromatic amines is 1. The van der Waals surface area contributed by atoms with Gasteiger partial charge in [-0.1, -0.05) is 5.16 Å². The van der Waals surface area contributed by atoms with Gasteiger partial charge in [0.25, 0.3) is 5.56 Å². The minimum Gasteiger partial charge on any atom is -0.396 e. The van der Waals surface area contributed by atoms with Crippen molar-refractivity contribution in [2.24, 2.45) is 11.1 Å². The number of nitrogens with one attached hydrogen (secondary N) is 2. The van der Waals surface area contributed by atoms with Gasteiger partial charge in [0, 0.05) is 25.5 Å². The number of aromatic nitrogens is 4. The SMILES string of the molecule is C[C@@H](/C=N/OCCC1CCN(c2ncc(C(F)(F)F)cn2)CC1)Nc1cn[nH]c(=O)c1C(F)(F)F. The van der Waals surface area contributed by atoms with Gasteiger partial charge in [0.05, 0.1) is 29.7 Å². The lowest BCUT2D eigenvalue weighted by Gasteiger charge is -2.31. The monoisotopic (exact) mass is 507 g/mol. The second kappa shape index (κ2) is 10.9. The average Bonchev–Trinajstić information content (AvgIpc) is 2.78. The molecule has 0 radical (unpaired) electrons. The summed E-state index contributed by atoms with van der Waals surface area (Å²) in [7, 11) is 0. The first-order chi connectivity index (χ1) is 16.4. The highest BCUT2D eigenvalue weighted by Gasteiger charge is 2.37. The van der Waals surface area contributed by atoms with Gasteiger partial charge >= 0.3 is 12.4 Å². The summed E-state index contributed by atoms with van der Waals surface area (Å²) in [6.07, 6.45) is -3.43. The molecule has 3 rings (SSSR count). The third kappa shape index (κ3) is 7.29. The molecule has 0 aromatic carbocycles. The second-order valence-corrected chi connectivity index (χ2v) is 7.99. The number of H-pyrrole nitrogens is 1. The van der Waals surface area contributed by atoms with Crippen molar-refractivity contribution in [3.05, 3.63) is 40.1 Å². The Labute approximate surface area is 195 Å². The predicted molar refractivity (Wildman–Crippen MR) is 114 cm³/mol. The normalized spacial score (nSPS) is 16.5. The molecule has 3 heterocycles. The number of rotatable bonds is 8. The van der Waals surface area contributed by atoms with E-state index >= 15 is 0 Å². The molecular formula is C20H23F6N7O2. The summed E-state index contributed by atoms with van der Waals surface area (Å²) in [6, 6.07) is -0.674. The van der Waals surface area contributed by atoms with Gasteiger partial charge in [-0.15, -0.1) is 0 Å². The average molecular weight is 507 g/mol. The minimum atomic E-state index is -4.85. The summed E-state index contributed by atoms with van der Waals surface area (Å²) in [5, 5.41) is 11.4. The van der Waals surface area contributed by atoms with Crippen LogP contribution in [0.1, 0.15) is 37.3 Å². The van der Waals surface area contributed by atoms with Crippen LogP contribution in [0.25, 0.3) is 0 Å². The van der Waals surface area contributed by atoms with Crippen molar-refractivity contribution >= 4 is 17.9 Å². The Hall–Kier alpha value is -3.39. The van der Waals surface area contributed by atoms with Crippen LogP contribution in [0.4, 0.5) is 38.0 Å². The summed E-state index contributed by atoms with van der Waals surface area (Å²) < 4.78 is 77.1. The van der Waals surface area contributed by atoms with Gasteiger partial charge in [-0.2, -0.15) is 31.4 Å². The molecule has 0 saturated carbocycles. The Kier molecular flexibility index (Phi) is 8.17. The zero-order valence-corrected chi connectivity index (χ0v) is 18.5. The van der Waals surface area contributed by atoms with E-state index in [4.69, 9.17) is 4.84 Å². The molecule has 2 aromatic heterocycles. The molecule has 0 bridgehead atoms. The molecule has 0 aliphatic carbocycles. The zero-order chi connectivity index (χ0) is 25.6. The second-order valence-electron chi connectivity index (χ2n) is 7.99. The van der Waals surface area contributed by atoms with Gasteiger partial charge in [-0.3, -0.25) is 4.79 Å². The third-order valence-corrected chi connectivity index (χ3v) is 5.36. The Morgan fingerprint density at radius 2 is 1.83 bits per heavy atom. The molecule has 9 nitrogen and oxygen atoms in total. The molecule has 1 aliphatic rings. The zero-order valence-electron chi connectivity index (χ0n) is 18.5. The first-order valence-electron chi connectivity index (χ1n) is 10.7. The topological polar surface area (TPSA) is 108 Å². The molecule has 35 heavy (non-hydrogen) atoms. The van der Waals surface area contributed by atoms with Crippen LogP contribution < -0.4 is 15.8 Å². The number of hydrogen-bond acceptors (Lipinski definition) is 8. The molecule has 1 fully saturated rings. The van der Waals surface area contributed by atoms with Gasteiger partial charge < -0.3 is 15.1 Å². The lowest BCUT2D eigenvalue weighted by atomic mass is 9.94. The highest BCUT2D eigenvalue weighted by Crippen LogP contribution is 2.32. The number of alkyl halides is 6. The number of halogens is 6. The highest BCUT2D eigenvalue weighted by atomic mass is 19.4. The van der Waals surface area contributed by atoms with Crippen molar-refractivity contribution in [1.29, 1.82) is 0 Å². The summed E-state index contributed by atoms with van der Waals surface area (Å²) in [5.41, 5.74) is -4.09. The predicted octanol–water partition coefficient (Wildman–Crippen LogP) is 3.71. The molecule has 192 valence electrons. The fraction of sp³-hybridized carbons (Fsp3) is 0.550. The molecule has 0 unspecified atom stereocenters. The van der Waals surface area contributed by atoms with Crippen molar-refractivity contribution in [3.63, 3.8) is 0 Å². The van der Waals surface area contributed by atoms with Gasteiger partial charge in [-0.05, 0) is 32.1 Å². The van der Waals surface area contributed by atoms with Crippen molar-refractivity contribution in [2.75, 3.05) is 29.9 Å². The van der Waals surface area contributed by atoms with Crippen molar-refractivity contribution < 1.29 is 31.2 Å².